The molecule has 2 atom stereocenters. The first kappa shape index (κ1) is 17.7. The number of carbonyl (C=O) groups is 1. The Morgan fingerprint density at radius 1 is 1.30 bits per heavy atom. The summed E-state index contributed by atoms with van der Waals surface area (Å²) in [5.41, 5.74) is 6.64. The summed E-state index contributed by atoms with van der Waals surface area (Å²) in [4.78, 5) is 16.4. The molecule has 5 nitrogen and oxygen atoms in total. The number of rotatable bonds is 5. The number of piperazine rings is 1. The molecule has 1 aromatic carbocycles. The lowest BCUT2D eigenvalue weighted by atomic mass is 10.0. The van der Waals surface area contributed by atoms with Crippen molar-refractivity contribution in [2.24, 2.45) is 11.7 Å². The van der Waals surface area contributed by atoms with Crippen molar-refractivity contribution in [3.05, 3.63) is 29.6 Å². The highest BCUT2D eigenvalue weighted by molar-refractivity contribution is 5.79. The molecule has 0 aromatic heterocycles. The van der Waals surface area contributed by atoms with E-state index < -0.39 is 0 Å². The lowest BCUT2D eigenvalue weighted by Crippen LogP contribution is -2.51. The van der Waals surface area contributed by atoms with Gasteiger partial charge in [-0.25, -0.2) is 4.39 Å². The molecule has 2 rings (SSSR count). The Morgan fingerprint density at radius 2 is 1.96 bits per heavy atom. The Labute approximate surface area is 137 Å². The van der Waals surface area contributed by atoms with Gasteiger partial charge in [0, 0.05) is 44.3 Å². The third kappa shape index (κ3) is 4.42. The fourth-order valence-electron chi connectivity index (χ4n) is 2.75. The second-order valence-electron chi connectivity index (χ2n) is 6.21. The van der Waals surface area contributed by atoms with Gasteiger partial charge < -0.3 is 15.4 Å². The van der Waals surface area contributed by atoms with Gasteiger partial charge in [0.1, 0.15) is 11.6 Å². The largest absolute Gasteiger partial charge is 0.496 e. The van der Waals surface area contributed by atoms with Gasteiger partial charge in [-0.05, 0) is 25.1 Å². The van der Waals surface area contributed by atoms with Crippen LogP contribution in [0.2, 0.25) is 0 Å². The van der Waals surface area contributed by atoms with E-state index in [-0.39, 0.29) is 23.7 Å². The van der Waals surface area contributed by atoms with Crippen LogP contribution in [0.25, 0.3) is 0 Å². The van der Waals surface area contributed by atoms with Crippen molar-refractivity contribution < 1.29 is 13.9 Å². The number of ether oxygens (including phenoxy) is 1. The highest BCUT2D eigenvalue weighted by Crippen LogP contribution is 2.22. The van der Waals surface area contributed by atoms with E-state index in [1.807, 2.05) is 18.7 Å². The second kappa shape index (κ2) is 7.75. The van der Waals surface area contributed by atoms with Crippen molar-refractivity contribution in [1.29, 1.82) is 0 Å². The molecule has 6 heteroatoms. The average Bonchev–Trinajstić information content (AvgIpc) is 2.54. The molecule has 1 fully saturated rings. The summed E-state index contributed by atoms with van der Waals surface area (Å²) >= 11 is 0. The molecule has 1 heterocycles. The molecule has 2 N–H and O–H groups in total. The van der Waals surface area contributed by atoms with Gasteiger partial charge in [-0.1, -0.05) is 6.92 Å². The molecule has 0 saturated carbocycles. The summed E-state index contributed by atoms with van der Waals surface area (Å²) in [7, 11) is 1.59. The average molecular weight is 323 g/mol. The SMILES string of the molecule is COc1ccc(F)cc1CN1CCN(C(=O)C(C)C(C)N)CC1. The van der Waals surface area contributed by atoms with E-state index in [0.29, 0.717) is 25.4 Å². The van der Waals surface area contributed by atoms with Gasteiger partial charge in [-0.3, -0.25) is 9.69 Å². The fourth-order valence-corrected chi connectivity index (χ4v) is 2.75. The highest BCUT2D eigenvalue weighted by Gasteiger charge is 2.26. The summed E-state index contributed by atoms with van der Waals surface area (Å²) in [5.74, 6) is 0.378. The molecule has 1 amide bonds. The van der Waals surface area contributed by atoms with Crippen LogP contribution in [0, 0.1) is 11.7 Å². The minimum absolute atomic E-state index is 0.114. The first-order chi connectivity index (χ1) is 10.9. The number of halogens is 1. The topological polar surface area (TPSA) is 58.8 Å². The van der Waals surface area contributed by atoms with Gasteiger partial charge in [-0.15, -0.1) is 0 Å². The minimum Gasteiger partial charge on any atom is -0.496 e. The smallest absolute Gasteiger partial charge is 0.227 e. The maximum Gasteiger partial charge on any atom is 0.227 e. The third-order valence-electron chi connectivity index (χ3n) is 4.50. The summed E-state index contributed by atoms with van der Waals surface area (Å²) in [6.07, 6.45) is 0. The van der Waals surface area contributed by atoms with Crippen LogP contribution >= 0.6 is 0 Å². The summed E-state index contributed by atoms with van der Waals surface area (Å²) in [6.45, 7) is 7.22. The molecule has 0 aliphatic carbocycles. The van der Waals surface area contributed by atoms with Crippen LogP contribution in [0.4, 0.5) is 4.39 Å². The van der Waals surface area contributed by atoms with Crippen LogP contribution in [0.15, 0.2) is 18.2 Å². The number of hydrogen-bond acceptors (Lipinski definition) is 4. The van der Waals surface area contributed by atoms with E-state index >= 15 is 0 Å². The third-order valence-corrected chi connectivity index (χ3v) is 4.50. The maximum absolute atomic E-state index is 13.4. The second-order valence-corrected chi connectivity index (χ2v) is 6.21. The molecule has 1 aliphatic heterocycles. The molecule has 1 saturated heterocycles. The van der Waals surface area contributed by atoms with Crippen LogP contribution in [0.3, 0.4) is 0 Å². The van der Waals surface area contributed by atoms with E-state index in [1.165, 1.54) is 12.1 Å². The molecule has 2 unspecified atom stereocenters. The van der Waals surface area contributed by atoms with E-state index in [9.17, 15) is 9.18 Å². The number of methoxy groups -OCH3 is 1. The van der Waals surface area contributed by atoms with E-state index in [2.05, 4.69) is 4.90 Å². The number of carbonyl (C=O) groups excluding carboxylic acids is 1. The molecule has 128 valence electrons. The van der Waals surface area contributed by atoms with Crippen molar-refractivity contribution in [3.63, 3.8) is 0 Å². The zero-order valence-corrected chi connectivity index (χ0v) is 14.1. The zero-order chi connectivity index (χ0) is 17.0. The van der Waals surface area contributed by atoms with Crippen molar-refractivity contribution >= 4 is 5.91 Å². The van der Waals surface area contributed by atoms with E-state index in [4.69, 9.17) is 10.5 Å². The summed E-state index contributed by atoms with van der Waals surface area (Å²) < 4.78 is 18.7. The highest BCUT2D eigenvalue weighted by atomic mass is 19.1. The molecule has 1 aromatic rings. The Hall–Kier alpha value is -1.66. The molecule has 0 bridgehead atoms. The standard InChI is InChI=1S/C17H26FN3O2/c1-12(13(2)19)17(22)21-8-6-20(7-9-21)11-14-10-15(18)4-5-16(14)23-3/h4-5,10,12-13H,6-9,11,19H2,1-3H3. The van der Waals surface area contributed by atoms with Crippen LogP contribution in [0.1, 0.15) is 19.4 Å². The number of nitrogens with two attached hydrogens (primary N) is 1. The molecule has 0 radical (unpaired) electrons. The van der Waals surface area contributed by atoms with Crippen LogP contribution in [0.5, 0.6) is 5.75 Å². The first-order valence-electron chi connectivity index (χ1n) is 8.01. The number of hydrogen-bond donors (Lipinski definition) is 1. The normalized spacial score (nSPS) is 18.6. The number of benzene rings is 1. The Kier molecular flexibility index (Phi) is 5.96. The predicted molar refractivity (Wildman–Crippen MR) is 87.6 cm³/mol. The lowest BCUT2D eigenvalue weighted by molar-refractivity contribution is -0.137. The Bertz CT molecular complexity index is 543. The molecule has 23 heavy (non-hydrogen) atoms. The van der Waals surface area contributed by atoms with Crippen LogP contribution < -0.4 is 10.5 Å². The first-order valence-corrected chi connectivity index (χ1v) is 8.01. The van der Waals surface area contributed by atoms with Crippen molar-refractivity contribution in [1.82, 2.24) is 9.80 Å². The van der Waals surface area contributed by atoms with Gasteiger partial charge in [-0.2, -0.15) is 0 Å². The summed E-state index contributed by atoms with van der Waals surface area (Å²) in [6, 6.07) is 4.41. The van der Waals surface area contributed by atoms with Crippen LogP contribution in [-0.2, 0) is 11.3 Å². The predicted octanol–water partition coefficient (Wildman–Crippen LogP) is 1.46. The zero-order valence-electron chi connectivity index (χ0n) is 14.1. The van der Waals surface area contributed by atoms with E-state index in [1.54, 1.807) is 13.2 Å². The molecule has 1 aliphatic rings. The lowest BCUT2D eigenvalue weighted by Gasteiger charge is -2.36. The number of nitrogens with zero attached hydrogens (tertiary/aromatic N) is 2. The van der Waals surface area contributed by atoms with Crippen molar-refractivity contribution in [3.8, 4) is 5.75 Å². The Balaban J connectivity index is 1.93. The maximum atomic E-state index is 13.4. The van der Waals surface area contributed by atoms with Gasteiger partial charge >= 0.3 is 0 Å². The van der Waals surface area contributed by atoms with Crippen LogP contribution in [-0.4, -0.2) is 55.0 Å². The van der Waals surface area contributed by atoms with E-state index in [0.717, 1.165) is 18.7 Å². The van der Waals surface area contributed by atoms with Crippen molar-refractivity contribution in [2.45, 2.75) is 26.4 Å². The molecular formula is C17H26FN3O2. The molecular weight excluding hydrogens is 297 g/mol. The Morgan fingerprint density at radius 3 is 2.52 bits per heavy atom. The minimum atomic E-state index is -0.264. The number of amides is 1. The van der Waals surface area contributed by atoms with Gasteiger partial charge in [0.2, 0.25) is 5.91 Å². The monoisotopic (exact) mass is 323 g/mol. The van der Waals surface area contributed by atoms with Gasteiger partial charge in [0.25, 0.3) is 0 Å². The molecule has 0 spiro atoms. The van der Waals surface area contributed by atoms with Gasteiger partial charge in [0.05, 0.1) is 13.0 Å². The van der Waals surface area contributed by atoms with Crippen molar-refractivity contribution in [2.75, 3.05) is 33.3 Å². The fraction of sp³-hybridized carbons (Fsp3) is 0.588. The quantitative estimate of drug-likeness (QED) is 0.891. The summed E-state index contributed by atoms with van der Waals surface area (Å²) in [5, 5.41) is 0. The van der Waals surface area contributed by atoms with Gasteiger partial charge in [0.15, 0.2) is 0 Å².